The first-order chi connectivity index (χ1) is 16.5. The molecule has 0 spiro atoms. The van der Waals surface area contributed by atoms with Crippen molar-refractivity contribution in [1.82, 2.24) is 10.3 Å². The third kappa shape index (κ3) is 4.07. The average Bonchev–Trinajstić information content (AvgIpc) is 2.87. The van der Waals surface area contributed by atoms with Crippen LogP contribution in [0.3, 0.4) is 0 Å². The molecule has 0 bridgehead atoms. The van der Waals surface area contributed by atoms with Crippen molar-refractivity contribution in [3.05, 3.63) is 118 Å². The highest BCUT2D eigenvalue weighted by atomic mass is 35.5. The normalized spacial score (nSPS) is 13.1. The number of amides is 1. The number of aromatic nitrogens is 1. The van der Waals surface area contributed by atoms with Crippen molar-refractivity contribution in [1.29, 1.82) is 0 Å². The van der Waals surface area contributed by atoms with Crippen molar-refractivity contribution in [2.24, 2.45) is 0 Å². The maximum Gasteiger partial charge on any atom is 0.255 e. The van der Waals surface area contributed by atoms with Gasteiger partial charge in [-0.05, 0) is 42.0 Å². The summed E-state index contributed by atoms with van der Waals surface area (Å²) in [6, 6.07) is 22.9. The van der Waals surface area contributed by atoms with Gasteiger partial charge in [0.2, 0.25) is 11.6 Å². The number of halogens is 1. The maximum atomic E-state index is 12.8. The molecule has 1 aromatic heterocycles. The molecular formula is C27H18ClN3O3. The van der Waals surface area contributed by atoms with E-state index in [2.05, 4.69) is 15.6 Å². The van der Waals surface area contributed by atoms with Crippen molar-refractivity contribution in [2.75, 3.05) is 5.32 Å². The summed E-state index contributed by atoms with van der Waals surface area (Å²) < 4.78 is 0. The molecule has 0 fully saturated rings. The van der Waals surface area contributed by atoms with E-state index in [-0.39, 0.29) is 34.7 Å². The third-order valence-electron chi connectivity index (χ3n) is 5.61. The lowest BCUT2D eigenvalue weighted by Crippen LogP contribution is -2.28. The quantitative estimate of drug-likeness (QED) is 0.426. The van der Waals surface area contributed by atoms with Crippen LogP contribution in [-0.4, -0.2) is 22.5 Å². The minimum Gasteiger partial charge on any atom is -0.376 e. The average molecular weight is 468 g/mol. The molecule has 6 nitrogen and oxygen atoms in total. The Kier molecular flexibility index (Phi) is 5.65. The summed E-state index contributed by atoms with van der Waals surface area (Å²) in [5.74, 6) is -0.934. The number of pyridine rings is 1. The predicted octanol–water partition coefficient (Wildman–Crippen LogP) is 5.11. The molecule has 0 atom stereocenters. The van der Waals surface area contributed by atoms with E-state index in [1.54, 1.807) is 54.7 Å². The molecule has 2 N–H and O–H groups in total. The summed E-state index contributed by atoms with van der Waals surface area (Å²) in [5.41, 5.74) is 3.57. The number of rotatable bonds is 5. The van der Waals surface area contributed by atoms with Gasteiger partial charge in [-0.25, -0.2) is 0 Å². The second kappa shape index (κ2) is 8.92. The number of carbonyl (C=O) groups is 3. The first-order valence-electron chi connectivity index (χ1n) is 10.6. The molecule has 1 heterocycles. The Balaban J connectivity index is 1.26. The summed E-state index contributed by atoms with van der Waals surface area (Å²) in [7, 11) is 0. The molecule has 4 aromatic rings. The highest BCUT2D eigenvalue weighted by Gasteiger charge is 2.30. The zero-order valence-electron chi connectivity index (χ0n) is 17.8. The standard InChI is InChI=1S/C27H18ClN3O3/c28-23-24(26(33)21-6-2-1-5-20(21)25(23)32)30-15-16-7-9-17(10-8-16)27(34)31-19-11-12-22-18(14-19)4-3-13-29-22/h1-14,30H,15H2,(H,31,34). The minimum absolute atomic E-state index is 0.0815. The van der Waals surface area contributed by atoms with E-state index in [1.807, 2.05) is 30.3 Å². The van der Waals surface area contributed by atoms with Crippen LogP contribution in [0.4, 0.5) is 5.69 Å². The lowest BCUT2D eigenvalue weighted by atomic mass is 9.92. The monoisotopic (exact) mass is 467 g/mol. The first kappa shape index (κ1) is 21.6. The highest BCUT2D eigenvalue weighted by molar-refractivity contribution is 6.49. The van der Waals surface area contributed by atoms with Gasteiger partial charge in [0, 0.05) is 40.5 Å². The van der Waals surface area contributed by atoms with Crippen LogP contribution in [0.2, 0.25) is 0 Å². The number of anilines is 1. The van der Waals surface area contributed by atoms with Crippen LogP contribution < -0.4 is 10.6 Å². The smallest absolute Gasteiger partial charge is 0.255 e. The number of ketones is 2. The Morgan fingerprint density at radius 2 is 1.59 bits per heavy atom. The summed E-state index contributed by atoms with van der Waals surface area (Å²) >= 11 is 6.19. The van der Waals surface area contributed by atoms with E-state index in [0.717, 1.165) is 16.5 Å². The van der Waals surface area contributed by atoms with Gasteiger partial charge in [0.15, 0.2) is 0 Å². The van der Waals surface area contributed by atoms with Gasteiger partial charge in [0.1, 0.15) is 10.7 Å². The number of allylic oxidation sites excluding steroid dienone is 2. The van der Waals surface area contributed by atoms with E-state index < -0.39 is 0 Å². The molecule has 0 saturated heterocycles. The van der Waals surface area contributed by atoms with Crippen LogP contribution in [0.25, 0.3) is 10.9 Å². The van der Waals surface area contributed by atoms with Crippen LogP contribution in [-0.2, 0) is 6.54 Å². The summed E-state index contributed by atoms with van der Waals surface area (Å²) in [6.45, 7) is 0.270. The molecule has 0 radical (unpaired) electrons. The second-order valence-electron chi connectivity index (χ2n) is 7.81. The van der Waals surface area contributed by atoms with Crippen LogP contribution >= 0.6 is 11.6 Å². The van der Waals surface area contributed by atoms with Crippen LogP contribution in [0.15, 0.2) is 95.8 Å². The summed E-state index contributed by atoms with van der Waals surface area (Å²) in [6.07, 6.45) is 1.72. The largest absolute Gasteiger partial charge is 0.376 e. The highest BCUT2D eigenvalue weighted by Crippen LogP contribution is 2.27. The molecule has 1 aliphatic carbocycles. The third-order valence-corrected chi connectivity index (χ3v) is 5.97. The van der Waals surface area contributed by atoms with Gasteiger partial charge in [0.05, 0.1) is 5.52 Å². The number of nitrogens with zero attached hydrogens (tertiary/aromatic N) is 1. The number of fused-ring (bicyclic) bond motifs is 2. The van der Waals surface area contributed by atoms with E-state index in [4.69, 9.17) is 11.6 Å². The molecule has 34 heavy (non-hydrogen) atoms. The number of Topliss-reactive ketones (excluding diaryl/α,β-unsaturated/α-hetero) is 2. The molecule has 3 aromatic carbocycles. The first-order valence-corrected chi connectivity index (χ1v) is 11.0. The van der Waals surface area contributed by atoms with E-state index in [1.165, 1.54) is 0 Å². The molecule has 5 rings (SSSR count). The number of hydrogen-bond acceptors (Lipinski definition) is 5. The molecule has 0 aliphatic heterocycles. The van der Waals surface area contributed by atoms with Gasteiger partial charge in [-0.15, -0.1) is 0 Å². The minimum atomic E-state index is -0.379. The number of benzene rings is 3. The number of hydrogen-bond donors (Lipinski definition) is 2. The summed E-state index contributed by atoms with van der Waals surface area (Å²) in [5, 5.41) is 6.69. The molecule has 1 aliphatic rings. The van der Waals surface area contributed by atoms with E-state index in [0.29, 0.717) is 22.4 Å². The predicted molar refractivity (Wildman–Crippen MR) is 131 cm³/mol. The molecule has 1 amide bonds. The van der Waals surface area contributed by atoms with Gasteiger partial charge in [0.25, 0.3) is 5.91 Å². The fourth-order valence-corrected chi connectivity index (χ4v) is 4.08. The van der Waals surface area contributed by atoms with Gasteiger partial charge in [-0.1, -0.05) is 54.1 Å². The molecular weight excluding hydrogens is 450 g/mol. The Labute approximate surface area is 200 Å². The summed E-state index contributed by atoms with van der Waals surface area (Å²) in [4.78, 5) is 42.2. The Bertz CT molecular complexity index is 1490. The SMILES string of the molecule is O=C(Nc1ccc2ncccc2c1)c1ccc(CNC2=C(Cl)C(=O)c3ccccc3C2=O)cc1. The van der Waals surface area contributed by atoms with Crippen molar-refractivity contribution >= 4 is 45.7 Å². The van der Waals surface area contributed by atoms with Crippen molar-refractivity contribution in [3.8, 4) is 0 Å². The lowest BCUT2D eigenvalue weighted by molar-refractivity contribution is 0.0974. The van der Waals surface area contributed by atoms with Crippen molar-refractivity contribution in [2.45, 2.75) is 6.54 Å². The van der Waals surface area contributed by atoms with Gasteiger partial charge < -0.3 is 10.6 Å². The Hall–Kier alpha value is -4.29. The van der Waals surface area contributed by atoms with Crippen LogP contribution in [0.1, 0.15) is 36.6 Å². The van der Waals surface area contributed by atoms with Crippen molar-refractivity contribution < 1.29 is 14.4 Å². The zero-order valence-corrected chi connectivity index (χ0v) is 18.6. The molecule has 166 valence electrons. The maximum absolute atomic E-state index is 12.8. The van der Waals surface area contributed by atoms with Gasteiger partial charge in [-0.3, -0.25) is 19.4 Å². The molecule has 0 unspecified atom stereocenters. The zero-order chi connectivity index (χ0) is 23.7. The van der Waals surface area contributed by atoms with Crippen molar-refractivity contribution in [3.63, 3.8) is 0 Å². The Morgan fingerprint density at radius 3 is 2.35 bits per heavy atom. The fourth-order valence-electron chi connectivity index (χ4n) is 3.82. The topological polar surface area (TPSA) is 88.2 Å². The fraction of sp³-hybridized carbons (Fsp3) is 0.0370. The number of nitrogens with one attached hydrogen (secondary N) is 2. The molecule has 7 heteroatoms. The molecule has 0 saturated carbocycles. The van der Waals surface area contributed by atoms with Crippen LogP contribution in [0.5, 0.6) is 0 Å². The lowest BCUT2D eigenvalue weighted by Gasteiger charge is -2.19. The van der Waals surface area contributed by atoms with Gasteiger partial charge in [-0.2, -0.15) is 0 Å². The Morgan fingerprint density at radius 1 is 0.853 bits per heavy atom. The van der Waals surface area contributed by atoms with E-state index >= 15 is 0 Å². The van der Waals surface area contributed by atoms with Gasteiger partial charge >= 0.3 is 0 Å². The van der Waals surface area contributed by atoms with E-state index in [9.17, 15) is 14.4 Å². The number of carbonyl (C=O) groups excluding carboxylic acids is 3. The van der Waals surface area contributed by atoms with Crippen LogP contribution in [0, 0.1) is 0 Å². The second-order valence-corrected chi connectivity index (χ2v) is 8.19.